The van der Waals surface area contributed by atoms with Crippen molar-refractivity contribution in [3.63, 3.8) is 0 Å². The van der Waals surface area contributed by atoms with E-state index in [-0.39, 0.29) is 17.7 Å². The predicted octanol–water partition coefficient (Wildman–Crippen LogP) is 3.63. The van der Waals surface area contributed by atoms with Crippen LogP contribution in [0.25, 0.3) is 5.82 Å². The average Bonchev–Trinajstić information content (AvgIpc) is 3.32. The molecule has 0 radical (unpaired) electrons. The Balaban J connectivity index is 1.40. The minimum Gasteiger partial charge on any atom is -0.322 e. The Morgan fingerprint density at radius 2 is 1.62 bits per heavy atom. The first kappa shape index (κ1) is 19.4. The molecule has 0 spiro atoms. The SMILES string of the molecule is Cc1c(C(=O)Nc2cccc(N3C(=O)c4ccccc4C3=O)c2)cnn1-c1ccccn1. The van der Waals surface area contributed by atoms with Gasteiger partial charge in [0.1, 0.15) is 0 Å². The lowest BCUT2D eigenvalue weighted by Gasteiger charge is -2.15. The zero-order valence-corrected chi connectivity index (χ0v) is 17.0. The van der Waals surface area contributed by atoms with E-state index in [1.807, 2.05) is 6.07 Å². The molecule has 8 nitrogen and oxygen atoms in total. The molecule has 0 atom stereocenters. The van der Waals surface area contributed by atoms with Gasteiger partial charge in [-0.2, -0.15) is 5.10 Å². The predicted molar refractivity (Wildman–Crippen MR) is 118 cm³/mol. The third kappa shape index (κ3) is 3.14. The van der Waals surface area contributed by atoms with Crippen molar-refractivity contribution in [3.8, 4) is 5.82 Å². The zero-order valence-electron chi connectivity index (χ0n) is 17.0. The molecular weight excluding hydrogens is 406 g/mol. The molecule has 3 heterocycles. The van der Waals surface area contributed by atoms with E-state index in [0.29, 0.717) is 39.6 Å². The summed E-state index contributed by atoms with van der Waals surface area (Å²) in [6.07, 6.45) is 3.13. The van der Waals surface area contributed by atoms with E-state index in [0.717, 1.165) is 4.90 Å². The molecule has 0 aliphatic carbocycles. The summed E-state index contributed by atoms with van der Waals surface area (Å²) in [5.74, 6) is -0.524. The van der Waals surface area contributed by atoms with E-state index in [2.05, 4.69) is 15.4 Å². The molecule has 8 heteroatoms. The smallest absolute Gasteiger partial charge is 0.266 e. The topological polar surface area (TPSA) is 97.2 Å². The van der Waals surface area contributed by atoms with E-state index in [1.165, 1.54) is 6.20 Å². The number of benzene rings is 2. The zero-order chi connectivity index (χ0) is 22.2. The van der Waals surface area contributed by atoms with Gasteiger partial charge in [-0.05, 0) is 49.4 Å². The van der Waals surface area contributed by atoms with Gasteiger partial charge in [-0.15, -0.1) is 0 Å². The first-order chi connectivity index (χ1) is 15.5. The highest BCUT2D eigenvalue weighted by Gasteiger charge is 2.36. The molecule has 1 aliphatic heterocycles. The average molecular weight is 423 g/mol. The molecule has 0 unspecified atom stereocenters. The minimum absolute atomic E-state index is 0.357. The van der Waals surface area contributed by atoms with E-state index in [4.69, 9.17) is 0 Å². The Morgan fingerprint density at radius 1 is 0.906 bits per heavy atom. The van der Waals surface area contributed by atoms with Crippen LogP contribution in [0.5, 0.6) is 0 Å². The number of imide groups is 1. The fourth-order valence-corrected chi connectivity index (χ4v) is 3.69. The lowest BCUT2D eigenvalue weighted by atomic mass is 10.1. The highest BCUT2D eigenvalue weighted by molar-refractivity contribution is 6.34. The number of fused-ring (bicyclic) bond motifs is 1. The Kier molecular flexibility index (Phi) is 4.59. The molecule has 1 aliphatic rings. The monoisotopic (exact) mass is 423 g/mol. The van der Waals surface area contributed by atoms with Gasteiger partial charge in [-0.1, -0.05) is 24.3 Å². The molecule has 2 aromatic carbocycles. The number of rotatable bonds is 4. The third-order valence-corrected chi connectivity index (χ3v) is 5.28. The summed E-state index contributed by atoms with van der Waals surface area (Å²) in [7, 11) is 0. The molecule has 156 valence electrons. The number of nitrogens with zero attached hydrogens (tertiary/aromatic N) is 4. The number of hydrogen-bond acceptors (Lipinski definition) is 5. The number of hydrogen-bond donors (Lipinski definition) is 1. The second-order valence-electron chi connectivity index (χ2n) is 7.24. The van der Waals surface area contributed by atoms with Crippen molar-refractivity contribution < 1.29 is 14.4 Å². The van der Waals surface area contributed by atoms with Crippen molar-refractivity contribution in [3.05, 3.63) is 102 Å². The second-order valence-corrected chi connectivity index (χ2v) is 7.24. The maximum Gasteiger partial charge on any atom is 0.266 e. The molecule has 0 fully saturated rings. The van der Waals surface area contributed by atoms with Crippen LogP contribution in [0.1, 0.15) is 36.8 Å². The molecule has 5 rings (SSSR count). The van der Waals surface area contributed by atoms with E-state index >= 15 is 0 Å². The van der Waals surface area contributed by atoms with Crippen molar-refractivity contribution in [1.29, 1.82) is 0 Å². The molecule has 0 saturated carbocycles. The minimum atomic E-state index is -0.387. The van der Waals surface area contributed by atoms with Gasteiger partial charge in [0.15, 0.2) is 5.82 Å². The molecule has 3 amide bonds. The maximum atomic E-state index is 12.9. The van der Waals surface area contributed by atoms with Crippen LogP contribution in [0.3, 0.4) is 0 Å². The van der Waals surface area contributed by atoms with Gasteiger partial charge in [0.05, 0.1) is 34.3 Å². The van der Waals surface area contributed by atoms with Crippen LogP contribution < -0.4 is 10.2 Å². The lowest BCUT2D eigenvalue weighted by molar-refractivity contribution is 0.0925. The van der Waals surface area contributed by atoms with Crippen molar-refractivity contribution in [2.45, 2.75) is 6.92 Å². The number of aromatic nitrogens is 3. The summed E-state index contributed by atoms with van der Waals surface area (Å²) < 4.78 is 1.59. The molecule has 1 N–H and O–H groups in total. The van der Waals surface area contributed by atoms with Gasteiger partial charge in [0.2, 0.25) is 0 Å². The van der Waals surface area contributed by atoms with Crippen LogP contribution in [0.2, 0.25) is 0 Å². The van der Waals surface area contributed by atoms with E-state index in [1.54, 1.807) is 78.5 Å². The largest absolute Gasteiger partial charge is 0.322 e. The Morgan fingerprint density at radius 3 is 2.31 bits per heavy atom. The van der Waals surface area contributed by atoms with Gasteiger partial charge in [-0.3, -0.25) is 14.4 Å². The van der Waals surface area contributed by atoms with Gasteiger partial charge in [-0.25, -0.2) is 14.6 Å². The number of carbonyl (C=O) groups excluding carboxylic acids is 3. The van der Waals surface area contributed by atoms with Gasteiger partial charge in [0, 0.05) is 11.9 Å². The van der Waals surface area contributed by atoms with Crippen LogP contribution in [-0.2, 0) is 0 Å². The van der Waals surface area contributed by atoms with Crippen molar-refractivity contribution in [2.24, 2.45) is 0 Å². The number of nitrogens with one attached hydrogen (secondary N) is 1. The summed E-state index contributed by atoms with van der Waals surface area (Å²) in [5, 5.41) is 7.08. The summed E-state index contributed by atoms with van der Waals surface area (Å²) in [5.41, 5.74) is 2.59. The maximum absolute atomic E-state index is 12.9. The fraction of sp³-hybridized carbons (Fsp3) is 0.0417. The first-order valence-electron chi connectivity index (χ1n) is 9.90. The van der Waals surface area contributed by atoms with Crippen LogP contribution in [0.15, 0.2) is 79.1 Å². The molecular formula is C24H17N5O3. The number of amides is 3. The molecule has 0 saturated heterocycles. The normalized spacial score (nSPS) is 12.7. The molecule has 0 bridgehead atoms. The van der Waals surface area contributed by atoms with Crippen molar-refractivity contribution >= 4 is 29.1 Å². The van der Waals surface area contributed by atoms with E-state index in [9.17, 15) is 14.4 Å². The lowest BCUT2D eigenvalue weighted by Crippen LogP contribution is -2.29. The summed E-state index contributed by atoms with van der Waals surface area (Å²) >= 11 is 0. The van der Waals surface area contributed by atoms with Crippen molar-refractivity contribution in [1.82, 2.24) is 14.8 Å². The van der Waals surface area contributed by atoms with Crippen molar-refractivity contribution in [2.75, 3.05) is 10.2 Å². The van der Waals surface area contributed by atoms with Gasteiger partial charge >= 0.3 is 0 Å². The summed E-state index contributed by atoms with van der Waals surface area (Å²) in [4.78, 5) is 43.7. The quantitative estimate of drug-likeness (QED) is 0.506. The summed E-state index contributed by atoms with van der Waals surface area (Å²) in [6.45, 7) is 1.78. The molecule has 32 heavy (non-hydrogen) atoms. The highest BCUT2D eigenvalue weighted by atomic mass is 16.2. The van der Waals surface area contributed by atoms with E-state index < -0.39 is 0 Å². The van der Waals surface area contributed by atoms with Crippen LogP contribution in [-0.4, -0.2) is 32.5 Å². The molecule has 2 aromatic heterocycles. The Labute approximate surface area is 183 Å². The highest BCUT2D eigenvalue weighted by Crippen LogP contribution is 2.30. The van der Waals surface area contributed by atoms with Gasteiger partial charge < -0.3 is 5.32 Å². The number of carbonyl (C=O) groups is 3. The standard InChI is InChI=1S/C24H17N5O3/c1-15-20(14-26-29(15)21-11-4-5-12-25-21)22(30)27-16-7-6-8-17(13-16)28-23(31)18-9-2-3-10-19(18)24(28)32/h2-14H,1H3,(H,27,30). The fourth-order valence-electron chi connectivity index (χ4n) is 3.69. The Bertz CT molecular complexity index is 1340. The van der Waals surface area contributed by atoms with Crippen LogP contribution in [0, 0.1) is 6.92 Å². The Hall–Kier alpha value is -4.59. The first-order valence-corrected chi connectivity index (χ1v) is 9.90. The number of pyridine rings is 1. The van der Waals surface area contributed by atoms with Crippen LogP contribution >= 0.6 is 0 Å². The van der Waals surface area contributed by atoms with Gasteiger partial charge in [0.25, 0.3) is 17.7 Å². The summed E-state index contributed by atoms with van der Waals surface area (Å²) in [6, 6.07) is 18.8. The van der Waals surface area contributed by atoms with Crippen LogP contribution in [0.4, 0.5) is 11.4 Å². The second kappa shape index (κ2) is 7.59. The number of anilines is 2. The third-order valence-electron chi connectivity index (χ3n) is 5.28. The molecule has 4 aromatic rings.